The van der Waals surface area contributed by atoms with Gasteiger partial charge in [-0.3, -0.25) is 4.57 Å². The van der Waals surface area contributed by atoms with Crippen LogP contribution in [0.2, 0.25) is 0 Å². The van der Waals surface area contributed by atoms with E-state index in [0.717, 1.165) is 10.2 Å². The number of hydrogen-bond donors (Lipinski definition) is 2. The molecule has 0 amide bonds. The SMILES string of the molecule is O=P(O)(O)C1SCSCS1. The van der Waals surface area contributed by atoms with E-state index < -0.39 is 11.9 Å². The minimum absolute atomic E-state index is 0.520. The molecular formula is C3H7O3PS3. The predicted molar refractivity (Wildman–Crippen MR) is 48.3 cm³/mol. The predicted octanol–water partition coefficient (Wildman–Crippen LogP) is 1.58. The van der Waals surface area contributed by atoms with Crippen molar-refractivity contribution in [3.05, 3.63) is 0 Å². The van der Waals surface area contributed by atoms with Crippen LogP contribution in [-0.4, -0.2) is 24.3 Å². The first-order valence-electron chi connectivity index (χ1n) is 2.47. The zero-order valence-corrected chi connectivity index (χ0v) is 8.31. The van der Waals surface area contributed by atoms with Crippen molar-refractivity contribution in [3.63, 3.8) is 0 Å². The van der Waals surface area contributed by atoms with Crippen molar-refractivity contribution in [2.45, 2.75) is 4.32 Å². The molecule has 1 aliphatic rings. The monoisotopic (exact) mass is 218 g/mol. The second kappa shape index (κ2) is 3.74. The quantitative estimate of drug-likeness (QED) is 0.652. The largest absolute Gasteiger partial charge is 0.348 e. The van der Waals surface area contributed by atoms with Crippen LogP contribution >= 0.6 is 42.9 Å². The Bertz CT molecular complexity index is 151. The highest BCUT2D eigenvalue weighted by Gasteiger charge is 2.31. The van der Waals surface area contributed by atoms with Gasteiger partial charge < -0.3 is 9.79 Å². The van der Waals surface area contributed by atoms with Crippen LogP contribution in [0.1, 0.15) is 0 Å². The molecule has 3 nitrogen and oxygen atoms in total. The zero-order chi connectivity index (χ0) is 7.61. The molecule has 1 aliphatic heterocycles. The smallest absolute Gasteiger partial charge is 0.323 e. The molecule has 0 aromatic carbocycles. The van der Waals surface area contributed by atoms with Gasteiger partial charge in [0.15, 0.2) is 4.32 Å². The van der Waals surface area contributed by atoms with E-state index in [0.29, 0.717) is 0 Å². The fourth-order valence-corrected chi connectivity index (χ4v) is 7.11. The molecule has 0 aliphatic carbocycles. The van der Waals surface area contributed by atoms with Crippen LogP contribution in [0.5, 0.6) is 0 Å². The number of rotatable bonds is 1. The summed E-state index contributed by atoms with van der Waals surface area (Å²) in [5.41, 5.74) is 0. The summed E-state index contributed by atoms with van der Waals surface area (Å²) in [5.74, 6) is 0. The van der Waals surface area contributed by atoms with Gasteiger partial charge in [-0.2, -0.15) is 0 Å². The highest BCUT2D eigenvalue weighted by Crippen LogP contribution is 2.56. The fraction of sp³-hybridized carbons (Fsp3) is 1.00. The molecule has 0 unspecified atom stereocenters. The summed E-state index contributed by atoms with van der Waals surface area (Å²) < 4.78 is 10.1. The molecule has 1 saturated heterocycles. The zero-order valence-electron chi connectivity index (χ0n) is 4.97. The molecular weight excluding hydrogens is 211 g/mol. The standard InChI is InChI=1S/C3H7O3PS3/c4-7(5,6)3-9-1-8-2-10-3/h3H,1-2H2,(H2,4,5,6). The molecule has 7 heteroatoms. The molecule has 1 heterocycles. The summed E-state index contributed by atoms with van der Waals surface area (Å²) in [6.07, 6.45) is 0. The molecule has 10 heavy (non-hydrogen) atoms. The summed E-state index contributed by atoms with van der Waals surface area (Å²) in [4.78, 5) is 17.4. The lowest BCUT2D eigenvalue weighted by Crippen LogP contribution is -2.03. The van der Waals surface area contributed by atoms with Gasteiger partial charge >= 0.3 is 7.60 Å². The van der Waals surface area contributed by atoms with Crippen LogP contribution in [0.15, 0.2) is 0 Å². The minimum Gasteiger partial charge on any atom is -0.323 e. The summed E-state index contributed by atoms with van der Waals surface area (Å²) in [6.45, 7) is 0. The lowest BCUT2D eigenvalue weighted by Gasteiger charge is -2.20. The van der Waals surface area contributed by atoms with Crippen LogP contribution in [0.4, 0.5) is 0 Å². The van der Waals surface area contributed by atoms with E-state index in [-0.39, 0.29) is 0 Å². The first-order chi connectivity index (χ1) is 4.61. The minimum atomic E-state index is -3.83. The van der Waals surface area contributed by atoms with Crippen molar-refractivity contribution in [1.29, 1.82) is 0 Å². The van der Waals surface area contributed by atoms with E-state index in [1.807, 2.05) is 0 Å². The third-order valence-electron chi connectivity index (χ3n) is 0.863. The highest BCUT2D eigenvalue weighted by atomic mass is 32.3. The second-order valence-electron chi connectivity index (χ2n) is 1.67. The fourth-order valence-electron chi connectivity index (χ4n) is 0.489. The van der Waals surface area contributed by atoms with Crippen LogP contribution < -0.4 is 0 Å². The van der Waals surface area contributed by atoms with Gasteiger partial charge in [0.1, 0.15) is 0 Å². The Hall–Kier alpha value is 1.20. The lowest BCUT2D eigenvalue weighted by atomic mass is 11.8. The third kappa shape index (κ3) is 2.68. The van der Waals surface area contributed by atoms with Gasteiger partial charge in [-0.05, 0) is 0 Å². The molecule has 0 saturated carbocycles. The normalized spacial score (nSPS) is 23.0. The Morgan fingerprint density at radius 3 is 2.10 bits per heavy atom. The Balaban J connectivity index is 2.47. The number of thioether (sulfide) groups is 3. The van der Waals surface area contributed by atoms with Crippen molar-refractivity contribution in [3.8, 4) is 0 Å². The van der Waals surface area contributed by atoms with Gasteiger partial charge in [-0.1, -0.05) is 0 Å². The first kappa shape index (κ1) is 9.29. The van der Waals surface area contributed by atoms with E-state index in [9.17, 15) is 4.57 Å². The molecule has 60 valence electrons. The first-order valence-corrected chi connectivity index (χ1v) is 7.40. The Labute approximate surface area is 71.9 Å². The van der Waals surface area contributed by atoms with E-state index in [1.54, 1.807) is 11.8 Å². The van der Waals surface area contributed by atoms with Crippen LogP contribution in [0, 0.1) is 0 Å². The van der Waals surface area contributed by atoms with E-state index in [2.05, 4.69) is 0 Å². The maximum atomic E-state index is 10.6. The molecule has 0 aromatic rings. The molecule has 0 spiro atoms. The van der Waals surface area contributed by atoms with Crippen molar-refractivity contribution < 1.29 is 14.4 Å². The Morgan fingerprint density at radius 2 is 1.80 bits per heavy atom. The van der Waals surface area contributed by atoms with Gasteiger partial charge in [0.2, 0.25) is 0 Å². The average Bonchev–Trinajstić information content (AvgIpc) is 1.88. The Morgan fingerprint density at radius 1 is 1.30 bits per heavy atom. The molecule has 0 atom stereocenters. The van der Waals surface area contributed by atoms with Gasteiger partial charge in [0, 0.05) is 10.2 Å². The van der Waals surface area contributed by atoms with Crippen LogP contribution in [0.25, 0.3) is 0 Å². The van der Waals surface area contributed by atoms with E-state index in [1.165, 1.54) is 23.5 Å². The second-order valence-corrected chi connectivity index (χ2v) is 8.26. The number of hydrogen-bond acceptors (Lipinski definition) is 4. The highest BCUT2D eigenvalue weighted by molar-refractivity contribution is 8.36. The molecule has 1 fully saturated rings. The van der Waals surface area contributed by atoms with E-state index >= 15 is 0 Å². The molecule has 0 bridgehead atoms. The van der Waals surface area contributed by atoms with Crippen LogP contribution in [0.3, 0.4) is 0 Å². The van der Waals surface area contributed by atoms with Crippen molar-refractivity contribution >= 4 is 42.9 Å². The summed E-state index contributed by atoms with van der Waals surface area (Å²) in [5, 5.41) is 1.59. The summed E-state index contributed by atoms with van der Waals surface area (Å²) in [6, 6.07) is 0. The van der Waals surface area contributed by atoms with Crippen molar-refractivity contribution in [1.82, 2.24) is 0 Å². The lowest BCUT2D eigenvalue weighted by molar-refractivity contribution is 0.377. The molecule has 0 radical (unpaired) electrons. The topological polar surface area (TPSA) is 57.5 Å². The Kier molecular flexibility index (Phi) is 3.47. The van der Waals surface area contributed by atoms with Crippen molar-refractivity contribution in [2.75, 3.05) is 10.2 Å². The summed E-state index contributed by atoms with van der Waals surface area (Å²) in [7, 11) is -3.83. The summed E-state index contributed by atoms with van der Waals surface area (Å²) >= 11 is 4.36. The van der Waals surface area contributed by atoms with Crippen molar-refractivity contribution in [2.24, 2.45) is 0 Å². The van der Waals surface area contributed by atoms with Gasteiger partial charge in [-0.15, -0.1) is 35.3 Å². The maximum absolute atomic E-state index is 10.6. The van der Waals surface area contributed by atoms with Gasteiger partial charge in [0.25, 0.3) is 0 Å². The molecule has 1 rings (SSSR count). The average molecular weight is 218 g/mol. The van der Waals surface area contributed by atoms with Crippen LogP contribution in [-0.2, 0) is 4.57 Å². The maximum Gasteiger partial charge on any atom is 0.348 e. The van der Waals surface area contributed by atoms with Gasteiger partial charge in [0.05, 0.1) is 0 Å². The van der Waals surface area contributed by atoms with E-state index in [4.69, 9.17) is 9.79 Å². The third-order valence-corrected chi connectivity index (χ3v) is 7.76. The van der Waals surface area contributed by atoms with Gasteiger partial charge in [-0.25, -0.2) is 0 Å². The molecule has 2 N–H and O–H groups in total. The molecule has 0 aromatic heterocycles.